The molecule has 1 heterocycles. The van der Waals surface area contributed by atoms with Crippen LogP contribution in [0.15, 0.2) is 21.8 Å². The Morgan fingerprint density at radius 2 is 2.27 bits per heavy atom. The molecule has 0 amide bonds. The maximum Gasteiger partial charge on any atom is 0.243 e. The first-order valence-electron chi connectivity index (χ1n) is 4.28. The molecule has 0 unspecified atom stereocenters. The quantitative estimate of drug-likeness (QED) is 0.867. The highest BCUT2D eigenvalue weighted by Gasteiger charge is 2.18. The Bertz CT molecular complexity index is 450. The SMILES string of the molecule is CCCNS(=O)(=O)c1cc(Cl)cnc1Br. The lowest BCUT2D eigenvalue weighted by molar-refractivity contribution is 0.579. The van der Waals surface area contributed by atoms with E-state index in [9.17, 15) is 8.42 Å². The summed E-state index contributed by atoms with van der Waals surface area (Å²) in [7, 11) is -3.52. The number of halogens is 2. The van der Waals surface area contributed by atoms with Crippen molar-refractivity contribution in [2.24, 2.45) is 0 Å². The molecule has 0 saturated heterocycles. The van der Waals surface area contributed by atoms with E-state index in [2.05, 4.69) is 25.6 Å². The minimum absolute atomic E-state index is 0.0588. The highest BCUT2D eigenvalue weighted by atomic mass is 79.9. The largest absolute Gasteiger partial charge is 0.246 e. The van der Waals surface area contributed by atoms with Crippen molar-refractivity contribution >= 4 is 37.6 Å². The Morgan fingerprint density at radius 3 is 2.87 bits per heavy atom. The van der Waals surface area contributed by atoms with Crippen molar-refractivity contribution in [1.82, 2.24) is 9.71 Å². The molecule has 0 radical (unpaired) electrons. The van der Waals surface area contributed by atoms with Crippen LogP contribution in [0.25, 0.3) is 0 Å². The van der Waals surface area contributed by atoms with Gasteiger partial charge in [0.25, 0.3) is 0 Å². The van der Waals surface area contributed by atoms with Gasteiger partial charge in [0.1, 0.15) is 9.50 Å². The van der Waals surface area contributed by atoms with E-state index in [-0.39, 0.29) is 14.5 Å². The molecule has 0 bridgehead atoms. The zero-order valence-corrected chi connectivity index (χ0v) is 11.2. The van der Waals surface area contributed by atoms with Crippen LogP contribution in [0, 0.1) is 0 Å². The molecule has 0 spiro atoms. The van der Waals surface area contributed by atoms with Crippen molar-refractivity contribution in [3.8, 4) is 0 Å². The number of sulfonamides is 1. The van der Waals surface area contributed by atoms with Crippen LogP contribution >= 0.6 is 27.5 Å². The number of hydrogen-bond acceptors (Lipinski definition) is 3. The summed E-state index contributed by atoms with van der Waals surface area (Å²) < 4.78 is 26.1. The lowest BCUT2D eigenvalue weighted by Gasteiger charge is -2.06. The average molecular weight is 314 g/mol. The Hall–Kier alpha value is -0.170. The Kier molecular flexibility index (Phi) is 4.51. The second kappa shape index (κ2) is 5.25. The summed E-state index contributed by atoms with van der Waals surface area (Å²) in [6, 6.07) is 1.36. The predicted molar refractivity (Wildman–Crippen MR) is 62.4 cm³/mol. The van der Waals surface area contributed by atoms with Gasteiger partial charge in [-0.2, -0.15) is 0 Å². The van der Waals surface area contributed by atoms with E-state index in [1.54, 1.807) is 0 Å². The summed E-state index contributed by atoms with van der Waals surface area (Å²) in [5, 5.41) is 0.287. The third-order valence-electron chi connectivity index (χ3n) is 1.61. The van der Waals surface area contributed by atoms with E-state index in [1.807, 2.05) is 6.92 Å². The molecule has 0 aromatic carbocycles. The molecular weight excluding hydrogens is 304 g/mol. The summed E-state index contributed by atoms with van der Waals surface area (Å²) in [5.41, 5.74) is 0. The predicted octanol–water partition coefficient (Wildman–Crippen LogP) is 2.19. The van der Waals surface area contributed by atoms with E-state index in [1.165, 1.54) is 12.3 Å². The van der Waals surface area contributed by atoms with Gasteiger partial charge < -0.3 is 0 Å². The van der Waals surface area contributed by atoms with Crippen molar-refractivity contribution in [2.75, 3.05) is 6.54 Å². The minimum atomic E-state index is -3.52. The monoisotopic (exact) mass is 312 g/mol. The summed E-state index contributed by atoms with van der Waals surface area (Å²) in [4.78, 5) is 3.88. The van der Waals surface area contributed by atoms with Gasteiger partial charge in [0.05, 0.1) is 5.02 Å². The maximum absolute atomic E-state index is 11.7. The van der Waals surface area contributed by atoms with Gasteiger partial charge in [0, 0.05) is 12.7 Å². The highest BCUT2D eigenvalue weighted by molar-refractivity contribution is 9.10. The second-order valence-electron chi connectivity index (χ2n) is 2.84. The van der Waals surface area contributed by atoms with E-state index in [0.717, 1.165) is 6.42 Å². The van der Waals surface area contributed by atoms with Crippen molar-refractivity contribution in [3.05, 3.63) is 21.9 Å². The first-order valence-corrected chi connectivity index (χ1v) is 6.93. The van der Waals surface area contributed by atoms with Crippen LogP contribution in [0.1, 0.15) is 13.3 Å². The van der Waals surface area contributed by atoms with E-state index >= 15 is 0 Å². The van der Waals surface area contributed by atoms with Crippen LogP contribution < -0.4 is 4.72 Å². The van der Waals surface area contributed by atoms with E-state index in [0.29, 0.717) is 6.54 Å². The van der Waals surface area contributed by atoms with Gasteiger partial charge in [-0.15, -0.1) is 0 Å². The molecule has 0 fully saturated rings. The highest BCUT2D eigenvalue weighted by Crippen LogP contribution is 2.22. The van der Waals surface area contributed by atoms with Crippen LogP contribution in [0.5, 0.6) is 0 Å². The Morgan fingerprint density at radius 1 is 1.60 bits per heavy atom. The Balaban J connectivity index is 3.09. The Labute approximate surface area is 102 Å². The van der Waals surface area contributed by atoms with Crippen LogP contribution in [-0.4, -0.2) is 19.9 Å². The van der Waals surface area contributed by atoms with Gasteiger partial charge in [0.2, 0.25) is 10.0 Å². The number of nitrogens with zero attached hydrogens (tertiary/aromatic N) is 1. The smallest absolute Gasteiger partial charge is 0.243 e. The zero-order valence-electron chi connectivity index (χ0n) is 8.00. The van der Waals surface area contributed by atoms with Gasteiger partial charge >= 0.3 is 0 Å². The molecule has 1 N–H and O–H groups in total. The molecule has 1 aromatic rings. The van der Waals surface area contributed by atoms with Gasteiger partial charge in [-0.05, 0) is 28.4 Å². The third kappa shape index (κ3) is 3.41. The molecule has 15 heavy (non-hydrogen) atoms. The van der Waals surface area contributed by atoms with Crippen LogP contribution in [0.2, 0.25) is 5.02 Å². The fraction of sp³-hybridized carbons (Fsp3) is 0.375. The van der Waals surface area contributed by atoms with Crippen molar-refractivity contribution in [1.29, 1.82) is 0 Å². The molecule has 0 aliphatic rings. The first-order chi connectivity index (χ1) is 6.97. The number of hydrogen-bond donors (Lipinski definition) is 1. The topological polar surface area (TPSA) is 59.1 Å². The van der Waals surface area contributed by atoms with Crippen LogP contribution in [0.3, 0.4) is 0 Å². The molecule has 4 nitrogen and oxygen atoms in total. The van der Waals surface area contributed by atoms with Gasteiger partial charge in [-0.3, -0.25) is 0 Å². The number of aromatic nitrogens is 1. The molecule has 0 aliphatic carbocycles. The molecule has 1 rings (SSSR count). The van der Waals surface area contributed by atoms with Crippen molar-refractivity contribution in [2.45, 2.75) is 18.2 Å². The lowest BCUT2D eigenvalue weighted by Crippen LogP contribution is -2.24. The average Bonchev–Trinajstić information content (AvgIpc) is 2.18. The van der Waals surface area contributed by atoms with Gasteiger partial charge in [-0.1, -0.05) is 18.5 Å². The lowest BCUT2D eigenvalue weighted by atomic mass is 10.5. The number of pyridine rings is 1. The minimum Gasteiger partial charge on any atom is -0.246 e. The van der Waals surface area contributed by atoms with Gasteiger partial charge in [0.15, 0.2) is 0 Å². The number of nitrogens with one attached hydrogen (secondary N) is 1. The fourth-order valence-electron chi connectivity index (χ4n) is 0.907. The van der Waals surface area contributed by atoms with E-state index in [4.69, 9.17) is 11.6 Å². The summed E-state index contributed by atoms with van der Waals surface area (Å²) in [6.07, 6.45) is 2.11. The molecule has 0 atom stereocenters. The molecular formula is C8H10BrClN2O2S. The van der Waals surface area contributed by atoms with Crippen LogP contribution in [0.4, 0.5) is 0 Å². The third-order valence-corrected chi connectivity index (χ3v) is 4.18. The van der Waals surface area contributed by atoms with Gasteiger partial charge in [-0.25, -0.2) is 18.1 Å². The fourth-order valence-corrected chi connectivity index (χ4v) is 3.17. The normalized spacial score (nSPS) is 11.7. The standard InChI is InChI=1S/C8H10BrClN2O2S/c1-2-3-12-15(13,14)7-4-6(10)5-11-8(7)9/h4-5,12H,2-3H2,1H3. The summed E-state index contributed by atoms with van der Waals surface area (Å²) in [5.74, 6) is 0. The second-order valence-corrected chi connectivity index (χ2v) is 5.76. The maximum atomic E-state index is 11.7. The summed E-state index contributed by atoms with van der Waals surface area (Å²) in [6.45, 7) is 2.27. The first kappa shape index (κ1) is 12.9. The molecule has 84 valence electrons. The van der Waals surface area contributed by atoms with Crippen LogP contribution in [-0.2, 0) is 10.0 Å². The molecule has 0 aliphatic heterocycles. The molecule has 1 aromatic heterocycles. The van der Waals surface area contributed by atoms with E-state index < -0.39 is 10.0 Å². The van der Waals surface area contributed by atoms with Crippen molar-refractivity contribution in [3.63, 3.8) is 0 Å². The van der Waals surface area contributed by atoms with Crippen molar-refractivity contribution < 1.29 is 8.42 Å². The number of rotatable bonds is 4. The zero-order chi connectivity index (χ0) is 11.5. The molecule has 7 heteroatoms. The summed E-state index contributed by atoms with van der Waals surface area (Å²) >= 11 is 8.75. The molecule has 0 saturated carbocycles.